The molecule has 124 valence electrons. The zero-order valence-corrected chi connectivity index (χ0v) is 16.8. The Morgan fingerprint density at radius 1 is 0.652 bits per heavy atom. The van der Waals surface area contributed by atoms with Crippen LogP contribution in [0.15, 0.2) is 57.5 Å². The molecular weight excluding hydrogens is 440 g/mol. The fourth-order valence-electron chi connectivity index (χ4n) is 2.40. The molecule has 2 nitrogen and oxygen atoms in total. The molecule has 0 saturated carbocycles. The third-order valence-electron chi connectivity index (χ3n) is 3.67. The molecule has 0 fully saturated rings. The van der Waals surface area contributed by atoms with Crippen LogP contribution in [0.25, 0.3) is 0 Å². The molecule has 0 aliphatic rings. The number of hydrogen-bond donors (Lipinski definition) is 0. The van der Waals surface area contributed by atoms with Crippen molar-refractivity contribution in [3.05, 3.63) is 68.6 Å². The number of sulfone groups is 1. The van der Waals surface area contributed by atoms with E-state index in [2.05, 4.69) is 31.9 Å². The number of aryl methyl sites for hydroxylation is 2. The molecule has 0 saturated heterocycles. The van der Waals surface area contributed by atoms with Crippen molar-refractivity contribution in [2.24, 2.45) is 0 Å². The molecule has 2 aromatic rings. The van der Waals surface area contributed by atoms with E-state index in [1.54, 1.807) is 0 Å². The summed E-state index contributed by atoms with van der Waals surface area (Å²) in [6.07, 6.45) is 2.98. The smallest absolute Gasteiger partial charge is 0.150 e. The van der Waals surface area contributed by atoms with Crippen molar-refractivity contribution in [3.8, 4) is 0 Å². The molecule has 0 unspecified atom stereocenters. The lowest BCUT2D eigenvalue weighted by Crippen LogP contribution is -2.12. The van der Waals surface area contributed by atoms with Crippen molar-refractivity contribution in [2.45, 2.75) is 25.7 Å². The number of hydrogen-bond acceptors (Lipinski definition) is 2. The summed E-state index contributed by atoms with van der Waals surface area (Å²) in [5.41, 5.74) is 2.36. The molecule has 23 heavy (non-hydrogen) atoms. The highest BCUT2D eigenvalue weighted by atomic mass is 79.9. The highest BCUT2D eigenvalue weighted by Gasteiger charge is 2.10. The lowest BCUT2D eigenvalue weighted by atomic mass is 10.1. The van der Waals surface area contributed by atoms with Crippen LogP contribution in [0.1, 0.15) is 24.0 Å². The van der Waals surface area contributed by atoms with Crippen LogP contribution in [0.3, 0.4) is 0 Å². The standard InChI is InChI=1S/C18H20Br2O2S/c19-17-9-5-15(6-10-17)3-1-13-23(21,22)14-2-4-16-7-11-18(20)12-8-16/h5-12H,1-4,13-14H2. The Morgan fingerprint density at radius 2 is 1.00 bits per heavy atom. The third kappa shape index (κ3) is 7.19. The molecular formula is C18H20Br2O2S. The van der Waals surface area contributed by atoms with Crippen molar-refractivity contribution >= 4 is 41.7 Å². The molecule has 0 aliphatic carbocycles. The summed E-state index contributed by atoms with van der Waals surface area (Å²) in [4.78, 5) is 0. The van der Waals surface area contributed by atoms with Gasteiger partial charge in [0, 0.05) is 8.95 Å². The van der Waals surface area contributed by atoms with Crippen LogP contribution >= 0.6 is 31.9 Å². The first-order valence-corrected chi connectivity index (χ1v) is 11.0. The van der Waals surface area contributed by atoms with Gasteiger partial charge in [0.25, 0.3) is 0 Å². The van der Waals surface area contributed by atoms with E-state index in [0.717, 1.165) is 21.8 Å². The normalized spacial score (nSPS) is 11.6. The summed E-state index contributed by atoms with van der Waals surface area (Å²) < 4.78 is 26.3. The van der Waals surface area contributed by atoms with Crippen LogP contribution in [0.4, 0.5) is 0 Å². The van der Waals surface area contributed by atoms with Gasteiger partial charge < -0.3 is 0 Å². The van der Waals surface area contributed by atoms with Crippen LogP contribution in [0.2, 0.25) is 0 Å². The molecule has 0 atom stereocenters. The summed E-state index contributed by atoms with van der Waals surface area (Å²) in [5, 5.41) is 0. The minimum atomic E-state index is -2.96. The monoisotopic (exact) mass is 458 g/mol. The van der Waals surface area contributed by atoms with Crippen LogP contribution in [-0.2, 0) is 22.7 Å². The third-order valence-corrected chi connectivity index (χ3v) is 6.55. The van der Waals surface area contributed by atoms with Gasteiger partial charge in [0.05, 0.1) is 11.5 Å². The fourth-order valence-corrected chi connectivity index (χ4v) is 4.30. The van der Waals surface area contributed by atoms with Gasteiger partial charge >= 0.3 is 0 Å². The van der Waals surface area contributed by atoms with Crippen molar-refractivity contribution in [3.63, 3.8) is 0 Å². The Morgan fingerprint density at radius 3 is 1.35 bits per heavy atom. The highest BCUT2D eigenvalue weighted by Crippen LogP contribution is 2.14. The maximum Gasteiger partial charge on any atom is 0.150 e. The summed E-state index contributed by atoms with van der Waals surface area (Å²) in [6.45, 7) is 0. The molecule has 5 heteroatoms. The fraction of sp³-hybridized carbons (Fsp3) is 0.333. The predicted molar refractivity (Wildman–Crippen MR) is 104 cm³/mol. The van der Waals surface area contributed by atoms with E-state index in [1.165, 1.54) is 11.1 Å². The van der Waals surface area contributed by atoms with Gasteiger partial charge in [-0.3, -0.25) is 0 Å². The van der Waals surface area contributed by atoms with E-state index in [9.17, 15) is 8.42 Å². The second-order valence-corrected chi connectivity index (χ2v) is 9.75. The largest absolute Gasteiger partial charge is 0.229 e. The first-order valence-electron chi connectivity index (χ1n) is 7.64. The molecule has 0 spiro atoms. The van der Waals surface area contributed by atoms with Crippen LogP contribution < -0.4 is 0 Å². The maximum absolute atomic E-state index is 12.1. The van der Waals surface area contributed by atoms with Gasteiger partial charge in [-0.05, 0) is 61.1 Å². The van der Waals surface area contributed by atoms with Crippen molar-refractivity contribution in [2.75, 3.05) is 11.5 Å². The molecule has 0 N–H and O–H groups in total. The van der Waals surface area contributed by atoms with Crippen molar-refractivity contribution < 1.29 is 8.42 Å². The van der Waals surface area contributed by atoms with E-state index in [0.29, 0.717) is 12.8 Å². The number of benzene rings is 2. The van der Waals surface area contributed by atoms with Gasteiger partial charge in [-0.1, -0.05) is 56.1 Å². The minimum Gasteiger partial charge on any atom is -0.229 e. The highest BCUT2D eigenvalue weighted by molar-refractivity contribution is 9.10. The summed E-state index contributed by atoms with van der Waals surface area (Å²) >= 11 is 6.80. The molecule has 0 radical (unpaired) electrons. The van der Waals surface area contributed by atoms with Gasteiger partial charge in [-0.2, -0.15) is 0 Å². The average molecular weight is 460 g/mol. The maximum atomic E-state index is 12.1. The Kier molecular flexibility index (Phi) is 7.31. The predicted octanol–water partition coefficient (Wildman–Crippen LogP) is 5.19. The van der Waals surface area contributed by atoms with Gasteiger partial charge in [-0.25, -0.2) is 8.42 Å². The summed E-state index contributed by atoms with van der Waals surface area (Å²) in [7, 11) is -2.96. The number of rotatable bonds is 8. The van der Waals surface area contributed by atoms with E-state index in [-0.39, 0.29) is 11.5 Å². The number of halogens is 2. The first kappa shape index (κ1) is 18.7. The average Bonchev–Trinajstić information content (AvgIpc) is 2.51. The summed E-state index contributed by atoms with van der Waals surface area (Å²) in [6, 6.07) is 16.1. The topological polar surface area (TPSA) is 34.1 Å². The molecule has 0 bridgehead atoms. The van der Waals surface area contributed by atoms with Gasteiger partial charge in [0.2, 0.25) is 0 Å². The minimum absolute atomic E-state index is 0.267. The second-order valence-electron chi connectivity index (χ2n) is 5.61. The first-order chi connectivity index (χ1) is 10.9. The summed E-state index contributed by atoms with van der Waals surface area (Å²) in [5.74, 6) is 0.535. The van der Waals surface area contributed by atoms with Crippen molar-refractivity contribution in [1.82, 2.24) is 0 Å². The zero-order valence-electron chi connectivity index (χ0n) is 12.8. The molecule has 0 aliphatic heterocycles. The molecule has 2 rings (SSSR count). The van der Waals surface area contributed by atoms with Crippen LogP contribution in [-0.4, -0.2) is 19.9 Å². The molecule has 2 aromatic carbocycles. The molecule has 0 aromatic heterocycles. The SMILES string of the molecule is O=S(=O)(CCCc1ccc(Br)cc1)CCCc1ccc(Br)cc1. The van der Waals surface area contributed by atoms with Crippen LogP contribution in [0, 0.1) is 0 Å². The van der Waals surface area contributed by atoms with Gasteiger partial charge in [0.15, 0.2) is 0 Å². The molecule has 0 heterocycles. The Bertz CT molecular complexity index is 650. The Labute approximate surface area is 155 Å². The van der Waals surface area contributed by atoms with E-state index in [4.69, 9.17) is 0 Å². The van der Waals surface area contributed by atoms with E-state index >= 15 is 0 Å². The lowest BCUT2D eigenvalue weighted by Gasteiger charge is -2.06. The Balaban J connectivity index is 1.71. The van der Waals surface area contributed by atoms with Gasteiger partial charge in [-0.15, -0.1) is 0 Å². The van der Waals surface area contributed by atoms with Crippen LogP contribution in [0.5, 0.6) is 0 Å². The van der Waals surface area contributed by atoms with Crippen molar-refractivity contribution in [1.29, 1.82) is 0 Å². The molecule has 0 amide bonds. The Hall–Kier alpha value is -0.650. The van der Waals surface area contributed by atoms with Gasteiger partial charge in [0.1, 0.15) is 9.84 Å². The van der Waals surface area contributed by atoms with E-state index in [1.807, 2.05) is 48.5 Å². The lowest BCUT2D eigenvalue weighted by molar-refractivity contribution is 0.590. The second kappa shape index (κ2) is 9.00. The van der Waals surface area contributed by atoms with E-state index < -0.39 is 9.84 Å². The zero-order chi connectivity index (χ0) is 16.7. The quantitative estimate of drug-likeness (QED) is 0.544.